The summed E-state index contributed by atoms with van der Waals surface area (Å²) in [7, 11) is 0. The summed E-state index contributed by atoms with van der Waals surface area (Å²) >= 11 is 0. The molecule has 0 atom stereocenters. The predicted octanol–water partition coefficient (Wildman–Crippen LogP) is 0.597. The van der Waals surface area contributed by atoms with Crippen molar-refractivity contribution in [2.45, 2.75) is 39.3 Å². The largest absolute Gasteiger partial charge is 0.395 e. The van der Waals surface area contributed by atoms with Crippen LogP contribution in [0.3, 0.4) is 0 Å². The molecule has 0 radical (unpaired) electrons. The maximum Gasteiger partial charge on any atom is 0.255 e. The third-order valence-corrected chi connectivity index (χ3v) is 2.56. The number of hydrogen-bond acceptors (Lipinski definition) is 3. The molecule has 0 fully saturated rings. The van der Waals surface area contributed by atoms with E-state index in [1.165, 1.54) is 0 Å². The number of aliphatic hydroxyl groups excluding tert-OH is 1. The predicted molar refractivity (Wildman–Crippen MR) is 64.4 cm³/mol. The quantitative estimate of drug-likeness (QED) is 0.790. The fourth-order valence-electron chi connectivity index (χ4n) is 1.76. The highest BCUT2D eigenvalue weighted by Gasteiger charge is 2.19. The molecular formula is C12H20N2O2. The number of aliphatic hydroxyl groups is 1. The summed E-state index contributed by atoms with van der Waals surface area (Å²) in [6.07, 6.45) is 0. The smallest absolute Gasteiger partial charge is 0.255 e. The van der Waals surface area contributed by atoms with Gasteiger partial charge in [0.05, 0.1) is 6.61 Å². The minimum Gasteiger partial charge on any atom is -0.395 e. The third-order valence-electron chi connectivity index (χ3n) is 2.56. The lowest BCUT2D eigenvalue weighted by Gasteiger charge is -2.24. The summed E-state index contributed by atoms with van der Waals surface area (Å²) in [5, 5.41) is 9.01. The lowest BCUT2D eigenvalue weighted by atomic mass is 9.90. The molecule has 0 amide bonds. The molecule has 16 heavy (non-hydrogen) atoms. The molecule has 1 aromatic rings. The number of aromatic nitrogens is 1. The first kappa shape index (κ1) is 12.9. The second-order valence-corrected chi connectivity index (χ2v) is 4.88. The fourth-order valence-corrected chi connectivity index (χ4v) is 1.76. The molecule has 1 heterocycles. The van der Waals surface area contributed by atoms with Crippen molar-refractivity contribution in [3.05, 3.63) is 33.7 Å². The van der Waals surface area contributed by atoms with Crippen molar-refractivity contribution < 1.29 is 5.11 Å². The summed E-state index contributed by atoms with van der Waals surface area (Å²) in [5.74, 6) is 0. The van der Waals surface area contributed by atoms with Crippen LogP contribution in [-0.2, 0) is 18.5 Å². The fraction of sp³-hybridized carbons (Fsp3) is 0.583. The standard InChI is InChI=1S/C12H20N2O2/c1-12(2,3)10-5-4-9(8-13)11(16)14(10)6-7-15/h4-5,15H,6-8,13H2,1-3H3. The molecule has 90 valence electrons. The molecular weight excluding hydrogens is 204 g/mol. The van der Waals surface area contributed by atoms with E-state index in [2.05, 4.69) is 0 Å². The summed E-state index contributed by atoms with van der Waals surface area (Å²) in [6, 6.07) is 3.69. The van der Waals surface area contributed by atoms with E-state index in [0.29, 0.717) is 12.1 Å². The SMILES string of the molecule is CC(C)(C)c1ccc(CN)c(=O)n1CCO. The maximum absolute atomic E-state index is 12.0. The molecule has 1 rings (SSSR count). The summed E-state index contributed by atoms with van der Waals surface area (Å²) in [6.45, 7) is 6.62. The van der Waals surface area contributed by atoms with E-state index in [-0.39, 0.29) is 24.1 Å². The third kappa shape index (κ3) is 2.51. The number of nitrogens with two attached hydrogens (primary N) is 1. The Morgan fingerprint density at radius 2 is 2.00 bits per heavy atom. The van der Waals surface area contributed by atoms with Gasteiger partial charge in [0.2, 0.25) is 0 Å². The summed E-state index contributed by atoms with van der Waals surface area (Å²) in [5.41, 5.74) is 6.79. The zero-order valence-corrected chi connectivity index (χ0v) is 10.2. The van der Waals surface area contributed by atoms with Gasteiger partial charge in [-0.05, 0) is 6.07 Å². The molecule has 3 N–H and O–H groups in total. The second kappa shape index (κ2) is 4.80. The van der Waals surface area contributed by atoms with Gasteiger partial charge in [0.1, 0.15) is 0 Å². The minimum absolute atomic E-state index is 0.0446. The molecule has 0 aliphatic carbocycles. The van der Waals surface area contributed by atoms with Crippen LogP contribution in [0.25, 0.3) is 0 Å². The van der Waals surface area contributed by atoms with Crippen LogP contribution in [0.5, 0.6) is 0 Å². The number of hydrogen-bond donors (Lipinski definition) is 2. The molecule has 4 heteroatoms. The van der Waals surface area contributed by atoms with Gasteiger partial charge in [-0.25, -0.2) is 0 Å². The van der Waals surface area contributed by atoms with Crippen molar-refractivity contribution >= 4 is 0 Å². The van der Waals surface area contributed by atoms with Crippen LogP contribution < -0.4 is 11.3 Å². The van der Waals surface area contributed by atoms with Crippen molar-refractivity contribution in [3.63, 3.8) is 0 Å². The first-order valence-electron chi connectivity index (χ1n) is 5.46. The van der Waals surface area contributed by atoms with Gasteiger partial charge in [-0.15, -0.1) is 0 Å². The molecule has 1 aromatic heterocycles. The molecule has 0 aliphatic rings. The van der Waals surface area contributed by atoms with Crippen LogP contribution in [0.1, 0.15) is 32.0 Å². The van der Waals surface area contributed by atoms with Gasteiger partial charge in [-0.2, -0.15) is 0 Å². The molecule has 0 aliphatic heterocycles. The van der Waals surface area contributed by atoms with Crippen LogP contribution in [0.15, 0.2) is 16.9 Å². The number of rotatable bonds is 3. The highest BCUT2D eigenvalue weighted by Crippen LogP contribution is 2.20. The van der Waals surface area contributed by atoms with E-state index in [4.69, 9.17) is 10.8 Å². The minimum atomic E-state index is -0.124. The highest BCUT2D eigenvalue weighted by atomic mass is 16.3. The van der Waals surface area contributed by atoms with Crippen LogP contribution in [0.2, 0.25) is 0 Å². The van der Waals surface area contributed by atoms with E-state index in [9.17, 15) is 4.79 Å². The first-order valence-corrected chi connectivity index (χ1v) is 5.46. The van der Waals surface area contributed by atoms with Gasteiger partial charge < -0.3 is 15.4 Å². The van der Waals surface area contributed by atoms with Crippen molar-refractivity contribution in [1.82, 2.24) is 4.57 Å². The highest BCUT2D eigenvalue weighted by molar-refractivity contribution is 5.21. The van der Waals surface area contributed by atoms with Gasteiger partial charge >= 0.3 is 0 Å². The van der Waals surface area contributed by atoms with Crippen LogP contribution in [-0.4, -0.2) is 16.3 Å². The van der Waals surface area contributed by atoms with Gasteiger partial charge in [0.15, 0.2) is 0 Å². The Morgan fingerprint density at radius 3 is 2.44 bits per heavy atom. The molecule has 4 nitrogen and oxygen atoms in total. The Hall–Kier alpha value is -1.13. The average molecular weight is 224 g/mol. The van der Waals surface area contributed by atoms with E-state index in [1.54, 1.807) is 10.6 Å². The van der Waals surface area contributed by atoms with Crippen LogP contribution in [0.4, 0.5) is 0 Å². The Bertz CT molecular complexity index is 416. The van der Waals surface area contributed by atoms with Gasteiger partial charge in [0, 0.05) is 29.8 Å². The van der Waals surface area contributed by atoms with Crippen LogP contribution in [0, 0.1) is 0 Å². The molecule has 0 spiro atoms. The number of nitrogens with zero attached hydrogens (tertiary/aromatic N) is 1. The molecule has 0 aromatic carbocycles. The Kier molecular flexibility index (Phi) is 3.88. The molecule has 0 bridgehead atoms. The summed E-state index contributed by atoms with van der Waals surface area (Å²) < 4.78 is 1.61. The summed E-state index contributed by atoms with van der Waals surface area (Å²) in [4.78, 5) is 12.0. The Morgan fingerprint density at radius 1 is 1.38 bits per heavy atom. The molecule has 0 saturated carbocycles. The van der Waals surface area contributed by atoms with E-state index < -0.39 is 0 Å². The normalized spacial score (nSPS) is 11.8. The number of pyridine rings is 1. The van der Waals surface area contributed by atoms with E-state index in [0.717, 1.165) is 5.69 Å². The topological polar surface area (TPSA) is 68.2 Å². The van der Waals surface area contributed by atoms with Crippen LogP contribution >= 0.6 is 0 Å². The maximum atomic E-state index is 12.0. The molecule has 0 unspecified atom stereocenters. The van der Waals surface area contributed by atoms with Crippen molar-refractivity contribution in [3.8, 4) is 0 Å². The Labute approximate surface area is 95.7 Å². The monoisotopic (exact) mass is 224 g/mol. The van der Waals surface area contributed by atoms with Crippen molar-refractivity contribution in [2.75, 3.05) is 6.61 Å². The van der Waals surface area contributed by atoms with Crippen molar-refractivity contribution in [1.29, 1.82) is 0 Å². The first-order chi connectivity index (χ1) is 7.41. The lowest BCUT2D eigenvalue weighted by Crippen LogP contribution is -2.33. The van der Waals surface area contributed by atoms with E-state index in [1.807, 2.05) is 26.8 Å². The van der Waals surface area contributed by atoms with Gasteiger partial charge in [-0.3, -0.25) is 4.79 Å². The second-order valence-electron chi connectivity index (χ2n) is 4.88. The zero-order valence-electron chi connectivity index (χ0n) is 10.2. The lowest BCUT2D eigenvalue weighted by molar-refractivity contribution is 0.269. The zero-order chi connectivity index (χ0) is 12.3. The molecule has 0 saturated heterocycles. The Balaban J connectivity index is 3.41. The average Bonchev–Trinajstić information content (AvgIpc) is 2.19. The van der Waals surface area contributed by atoms with Crippen molar-refractivity contribution in [2.24, 2.45) is 5.73 Å². The van der Waals surface area contributed by atoms with Gasteiger partial charge in [0.25, 0.3) is 5.56 Å². The van der Waals surface area contributed by atoms with E-state index >= 15 is 0 Å². The van der Waals surface area contributed by atoms with Gasteiger partial charge in [-0.1, -0.05) is 26.8 Å².